The number of hydrogen-bond acceptors (Lipinski definition) is 5. The summed E-state index contributed by atoms with van der Waals surface area (Å²) in [6.45, 7) is -0.0303. The largest absolute Gasteiger partial charge is 0.481 e. The van der Waals surface area contributed by atoms with Crippen molar-refractivity contribution in [2.75, 3.05) is 6.54 Å². The van der Waals surface area contributed by atoms with E-state index in [1.807, 2.05) is 0 Å². The van der Waals surface area contributed by atoms with Crippen LogP contribution in [0.4, 0.5) is 0 Å². The molecule has 2 aromatic rings. The molecule has 1 amide bonds. The smallest absolute Gasteiger partial charge is 0.332 e. The first-order chi connectivity index (χ1) is 10.3. The molecule has 9 heteroatoms. The van der Waals surface area contributed by atoms with Gasteiger partial charge in [0.05, 0.1) is 17.4 Å². The maximum atomic E-state index is 12.1. The van der Waals surface area contributed by atoms with Gasteiger partial charge in [-0.25, -0.2) is 9.78 Å². The fraction of sp³-hybridized carbons (Fsp3) is 0.308. The maximum absolute atomic E-state index is 12.1. The van der Waals surface area contributed by atoms with E-state index in [1.165, 1.54) is 30.9 Å². The summed E-state index contributed by atoms with van der Waals surface area (Å²) in [5.74, 6) is -1.56. The van der Waals surface area contributed by atoms with E-state index >= 15 is 0 Å². The summed E-state index contributed by atoms with van der Waals surface area (Å²) in [5.41, 5.74) is -0.765. The average molecular weight is 306 g/mol. The first kappa shape index (κ1) is 15.4. The van der Waals surface area contributed by atoms with E-state index in [-0.39, 0.29) is 29.6 Å². The van der Waals surface area contributed by atoms with Gasteiger partial charge < -0.3 is 10.4 Å². The molecule has 0 atom stereocenters. The fourth-order valence-electron chi connectivity index (χ4n) is 1.97. The molecule has 0 aromatic carbocycles. The van der Waals surface area contributed by atoms with Crippen molar-refractivity contribution in [2.45, 2.75) is 6.42 Å². The summed E-state index contributed by atoms with van der Waals surface area (Å²) in [6.07, 6.45) is 1.03. The molecule has 2 aromatic heterocycles. The lowest BCUT2D eigenvalue weighted by atomic mass is 10.2. The first-order valence-corrected chi connectivity index (χ1v) is 6.38. The molecule has 2 rings (SSSR count). The van der Waals surface area contributed by atoms with Crippen molar-refractivity contribution in [3.8, 4) is 0 Å². The average Bonchev–Trinajstić information content (AvgIpc) is 2.49. The lowest BCUT2D eigenvalue weighted by Crippen LogP contribution is -2.37. The van der Waals surface area contributed by atoms with Gasteiger partial charge in [-0.3, -0.25) is 23.5 Å². The van der Waals surface area contributed by atoms with Gasteiger partial charge in [0, 0.05) is 26.8 Å². The number of rotatable bonds is 4. The van der Waals surface area contributed by atoms with Gasteiger partial charge in [-0.1, -0.05) is 0 Å². The predicted molar refractivity (Wildman–Crippen MR) is 76.8 cm³/mol. The summed E-state index contributed by atoms with van der Waals surface area (Å²) in [6, 6.07) is 1.33. The Bertz CT molecular complexity index is 880. The molecule has 22 heavy (non-hydrogen) atoms. The number of hydrogen-bond donors (Lipinski definition) is 2. The SMILES string of the molecule is Cn1c(=O)c2cc(C(=O)NCCC(=O)O)cnc2n(C)c1=O. The van der Waals surface area contributed by atoms with E-state index in [9.17, 15) is 19.2 Å². The van der Waals surface area contributed by atoms with Crippen LogP contribution in [0.25, 0.3) is 11.0 Å². The Morgan fingerprint density at radius 1 is 1.27 bits per heavy atom. The minimum absolute atomic E-state index is 0.0303. The Morgan fingerprint density at radius 2 is 1.95 bits per heavy atom. The second kappa shape index (κ2) is 5.80. The quantitative estimate of drug-likeness (QED) is 0.734. The van der Waals surface area contributed by atoms with Crippen molar-refractivity contribution >= 4 is 22.9 Å². The number of amides is 1. The lowest BCUT2D eigenvalue weighted by Gasteiger charge is -2.08. The minimum atomic E-state index is -1.03. The van der Waals surface area contributed by atoms with Crippen LogP contribution in [-0.4, -0.2) is 37.6 Å². The van der Waals surface area contributed by atoms with E-state index in [1.54, 1.807) is 0 Å². The number of aromatic nitrogens is 3. The summed E-state index contributed by atoms with van der Waals surface area (Å²) in [4.78, 5) is 50.1. The zero-order valence-corrected chi connectivity index (χ0v) is 12.0. The zero-order valence-electron chi connectivity index (χ0n) is 12.0. The molecule has 0 saturated heterocycles. The number of carbonyl (C=O) groups excluding carboxylic acids is 1. The van der Waals surface area contributed by atoms with Crippen LogP contribution in [0.2, 0.25) is 0 Å². The number of nitrogens with zero attached hydrogens (tertiary/aromatic N) is 3. The van der Waals surface area contributed by atoms with Crippen LogP contribution < -0.4 is 16.6 Å². The van der Waals surface area contributed by atoms with Gasteiger partial charge in [-0.15, -0.1) is 0 Å². The number of aliphatic carboxylic acids is 1. The highest BCUT2D eigenvalue weighted by molar-refractivity contribution is 5.96. The molecular weight excluding hydrogens is 292 g/mol. The number of aryl methyl sites for hydroxylation is 1. The van der Waals surface area contributed by atoms with E-state index in [2.05, 4.69) is 10.3 Å². The molecule has 0 fully saturated rings. The molecule has 2 heterocycles. The molecule has 0 unspecified atom stereocenters. The number of nitrogens with one attached hydrogen (secondary N) is 1. The Labute approximate surface area is 123 Å². The zero-order chi connectivity index (χ0) is 16.4. The molecule has 0 radical (unpaired) electrons. The lowest BCUT2D eigenvalue weighted by molar-refractivity contribution is -0.136. The van der Waals surface area contributed by atoms with Crippen LogP contribution in [-0.2, 0) is 18.9 Å². The number of carboxylic acids is 1. The van der Waals surface area contributed by atoms with E-state index in [0.29, 0.717) is 0 Å². The predicted octanol–water partition coefficient (Wildman–Crippen LogP) is -1.16. The standard InChI is InChI=1S/C13H14N4O5/c1-16-10-8(12(21)17(2)13(16)22)5-7(6-15-10)11(20)14-4-3-9(18)19/h5-6H,3-4H2,1-2H3,(H,14,20)(H,18,19). The van der Waals surface area contributed by atoms with Crippen molar-refractivity contribution in [3.05, 3.63) is 38.7 Å². The molecule has 0 aliphatic carbocycles. The van der Waals surface area contributed by atoms with E-state index < -0.39 is 23.1 Å². The second-order valence-electron chi connectivity index (χ2n) is 4.70. The normalized spacial score (nSPS) is 10.6. The van der Waals surface area contributed by atoms with Crippen LogP contribution in [0.1, 0.15) is 16.8 Å². The monoisotopic (exact) mass is 306 g/mol. The summed E-state index contributed by atoms with van der Waals surface area (Å²) < 4.78 is 2.14. The molecule has 0 aliphatic heterocycles. The number of carboxylic acid groups (broad SMARTS) is 1. The molecule has 0 aliphatic rings. The van der Waals surface area contributed by atoms with Gasteiger partial charge in [-0.05, 0) is 6.07 Å². The number of carbonyl (C=O) groups is 2. The molecule has 2 N–H and O–H groups in total. The van der Waals surface area contributed by atoms with Crippen LogP contribution in [0.3, 0.4) is 0 Å². The fourth-order valence-corrected chi connectivity index (χ4v) is 1.97. The third-order valence-electron chi connectivity index (χ3n) is 3.18. The first-order valence-electron chi connectivity index (χ1n) is 6.38. The molecule has 0 spiro atoms. The highest BCUT2D eigenvalue weighted by atomic mass is 16.4. The van der Waals surface area contributed by atoms with Crippen LogP contribution in [0.15, 0.2) is 21.9 Å². The van der Waals surface area contributed by atoms with Crippen LogP contribution in [0.5, 0.6) is 0 Å². The minimum Gasteiger partial charge on any atom is -0.481 e. The van der Waals surface area contributed by atoms with Gasteiger partial charge in [-0.2, -0.15) is 0 Å². The van der Waals surface area contributed by atoms with Gasteiger partial charge in [0.25, 0.3) is 11.5 Å². The molecular formula is C13H14N4O5. The summed E-state index contributed by atoms with van der Waals surface area (Å²) >= 11 is 0. The highest BCUT2D eigenvalue weighted by Crippen LogP contribution is 2.07. The summed E-state index contributed by atoms with van der Waals surface area (Å²) in [5, 5.41) is 11.1. The molecule has 0 saturated carbocycles. The third kappa shape index (κ3) is 2.73. The Balaban J connectivity index is 2.43. The van der Waals surface area contributed by atoms with Crippen LogP contribution >= 0.6 is 0 Å². The third-order valence-corrected chi connectivity index (χ3v) is 3.18. The topological polar surface area (TPSA) is 123 Å². The van der Waals surface area contributed by atoms with Crippen LogP contribution in [0, 0.1) is 0 Å². The number of fused-ring (bicyclic) bond motifs is 1. The van der Waals surface area contributed by atoms with Crippen molar-refractivity contribution in [3.63, 3.8) is 0 Å². The van der Waals surface area contributed by atoms with E-state index in [4.69, 9.17) is 5.11 Å². The van der Waals surface area contributed by atoms with Gasteiger partial charge in [0.15, 0.2) is 0 Å². The van der Waals surface area contributed by atoms with Gasteiger partial charge >= 0.3 is 11.7 Å². The maximum Gasteiger partial charge on any atom is 0.332 e. The van der Waals surface area contributed by atoms with Crippen molar-refractivity contribution < 1.29 is 14.7 Å². The second-order valence-corrected chi connectivity index (χ2v) is 4.70. The van der Waals surface area contributed by atoms with Crippen molar-refractivity contribution in [1.82, 2.24) is 19.4 Å². The van der Waals surface area contributed by atoms with Gasteiger partial charge in [0.1, 0.15) is 5.65 Å². The molecule has 0 bridgehead atoms. The molecule has 116 valence electrons. The van der Waals surface area contributed by atoms with E-state index in [0.717, 1.165) is 4.57 Å². The van der Waals surface area contributed by atoms with Crippen molar-refractivity contribution in [1.29, 1.82) is 0 Å². The Morgan fingerprint density at radius 3 is 2.59 bits per heavy atom. The number of pyridine rings is 1. The Kier molecular flexibility index (Phi) is 4.06. The summed E-state index contributed by atoms with van der Waals surface area (Å²) in [7, 11) is 2.81. The van der Waals surface area contributed by atoms with Crippen molar-refractivity contribution in [2.24, 2.45) is 14.1 Å². The Hall–Kier alpha value is -2.97. The van der Waals surface area contributed by atoms with Gasteiger partial charge in [0.2, 0.25) is 0 Å². The highest BCUT2D eigenvalue weighted by Gasteiger charge is 2.13. The molecule has 9 nitrogen and oxygen atoms in total.